The summed E-state index contributed by atoms with van der Waals surface area (Å²) < 4.78 is 93.6. The van der Waals surface area contributed by atoms with Gasteiger partial charge in [-0.15, -0.1) is 0 Å². The fourth-order valence-corrected chi connectivity index (χ4v) is 5.62. The molecule has 3 nitrogen and oxygen atoms in total. The molecule has 0 amide bonds. The Balaban J connectivity index is 1.91. The summed E-state index contributed by atoms with van der Waals surface area (Å²) in [7, 11) is 7.63. The second-order valence-electron chi connectivity index (χ2n) is 9.58. The Morgan fingerprint density at radius 3 is 2.00 bits per heavy atom. The summed E-state index contributed by atoms with van der Waals surface area (Å²) >= 11 is 0. The molecule has 1 unspecified atom stereocenters. The molecule has 0 heterocycles. The predicted molar refractivity (Wildman–Crippen MR) is 113 cm³/mol. The molecule has 0 spiro atoms. The largest absolute Gasteiger partial charge is 0.435 e. The number of hydrogen-bond donors (Lipinski definition) is 0. The molecule has 0 saturated heterocycles. The molecule has 1 aromatic rings. The molecule has 1 fully saturated rings. The van der Waals surface area contributed by atoms with Crippen molar-refractivity contribution >= 4 is 5.96 Å². The van der Waals surface area contributed by atoms with Gasteiger partial charge in [-0.3, -0.25) is 0 Å². The molecule has 0 radical (unpaired) electrons. The van der Waals surface area contributed by atoms with Gasteiger partial charge < -0.3 is 9.80 Å². The average molecular weight is 482 g/mol. The van der Waals surface area contributed by atoms with Crippen LogP contribution in [0.4, 0.5) is 30.7 Å². The zero-order chi connectivity index (χ0) is 24.9. The molecule has 0 aromatic heterocycles. The summed E-state index contributed by atoms with van der Waals surface area (Å²) in [5.41, 5.74) is -5.67. The summed E-state index contributed by atoms with van der Waals surface area (Å²) in [6, 6.07) is 2.72. The molecule has 1 saturated carbocycles. The molecule has 2 aliphatic carbocycles. The fraction of sp³-hybridized carbons (Fsp3) is 0.696. The van der Waals surface area contributed by atoms with Crippen LogP contribution in [0.25, 0.3) is 0 Å². The molecule has 33 heavy (non-hydrogen) atoms. The van der Waals surface area contributed by atoms with Crippen LogP contribution in [-0.2, 0) is 12.1 Å². The van der Waals surface area contributed by atoms with E-state index in [2.05, 4.69) is 0 Å². The number of aliphatic imine (C=N–C) groups is 1. The lowest BCUT2D eigenvalue weighted by atomic mass is 9.72. The molecule has 1 aromatic carbocycles. The number of halogens is 7. The van der Waals surface area contributed by atoms with Gasteiger partial charge in [0.25, 0.3) is 0 Å². The van der Waals surface area contributed by atoms with Gasteiger partial charge in [-0.2, -0.15) is 26.3 Å². The lowest BCUT2D eigenvalue weighted by molar-refractivity contribution is -0.348. The van der Waals surface area contributed by atoms with Crippen LogP contribution in [0.3, 0.4) is 0 Å². The third-order valence-corrected chi connectivity index (χ3v) is 7.08. The highest BCUT2D eigenvalue weighted by molar-refractivity contribution is 5.79. The first kappa shape index (κ1) is 25.6. The van der Waals surface area contributed by atoms with Crippen molar-refractivity contribution in [3.8, 4) is 0 Å². The smallest absolute Gasteiger partial charge is 0.349 e. The van der Waals surface area contributed by atoms with Crippen molar-refractivity contribution in [3.63, 3.8) is 0 Å². The number of aryl methyl sites for hydroxylation is 1. The van der Waals surface area contributed by atoms with Gasteiger partial charge in [-0.25, -0.2) is 9.38 Å². The minimum Gasteiger partial charge on any atom is -0.349 e. The van der Waals surface area contributed by atoms with Crippen molar-refractivity contribution in [2.45, 2.75) is 62.6 Å². The van der Waals surface area contributed by atoms with Crippen LogP contribution in [0, 0.1) is 11.8 Å². The quantitative estimate of drug-likeness (QED) is 0.304. The molecule has 0 bridgehead atoms. The van der Waals surface area contributed by atoms with Crippen molar-refractivity contribution in [2.24, 2.45) is 16.8 Å². The van der Waals surface area contributed by atoms with Crippen molar-refractivity contribution in [1.82, 2.24) is 9.80 Å². The van der Waals surface area contributed by atoms with E-state index in [0.717, 1.165) is 30.4 Å². The minimum atomic E-state index is -6.10. The van der Waals surface area contributed by atoms with E-state index in [1.54, 1.807) is 0 Å². The fourth-order valence-electron chi connectivity index (χ4n) is 5.62. The number of nitrogens with zero attached hydrogens (tertiary/aromatic N) is 3. The summed E-state index contributed by atoms with van der Waals surface area (Å²) in [5, 5.41) is 0. The molecule has 0 N–H and O–H groups in total. The lowest BCUT2D eigenvalue weighted by Crippen LogP contribution is -2.50. The van der Waals surface area contributed by atoms with Crippen LogP contribution in [-0.4, -0.2) is 62.3 Å². The second-order valence-corrected chi connectivity index (χ2v) is 9.58. The summed E-state index contributed by atoms with van der Waals surface area (Å²) in [6.45, 7) is 2.04. The van der Waals surface area contributed by atoms with E-state index in [4.69, 9.17) is 4.99 Å². The van der Waals surface area contributed by atoms with E-state index >= 15 is 0 Å². The number of alkyl halides is 7. The normalized spacial score (nSPS) is 24.1. The van der Waals surface area contributed by atoms with Gasteiger partial charge in [0.15, 0.2) is 5.96 Å². The Morgan fingerprint density at radius 2 is 1.48 bits per heavy atom. The number of guanidine groups is 1. The highest BCUT2D eigenvalue weighted by atomic mass is 19.4. The van der Waals surface area contributed by atoms with Gasteiger partial charge in [-0.05, 0) is 61.5 Å². The Morgan fingerprint density at radius 1 is 0.909 bits per heavy atom. The maximum absolute atomic E-state index is 14.5. The molecule has 4 atom stereocenters. The Kier molecular flexibility index (Phi) is 6.72. The van der Waals surface area contributed by atoms with E-state index in [0.29, 0.717) is 24.5 Å². The third-order valence-electron chi connectivity index (χ3n) is 7.08. The molecule has 0 aliphatic heterocycles. The monoisotopic (exact) mass is 481 g/mol. The van der Waals surface area contributed by atoms with Crippen molar-refractivity contribution < 1.29 is 30.7 Å². The molecular weight excluding hydrogens is 451 g/mol. The average Bonchev–Trinajstić information content (AvgIpc) is 3.13. The van der Waals surface area contributed by atoms with Gasteiger partial charge in [0, 0.05) is 33.8 Å². The first-order valence-electron chi connectivity index (χ1n) is 11.0. The SMILES string of the molecule is CC(N=C(N(C)C)N(C)C)[C@@H]1CC[C@H]2c3ccc(C(F)(C(F)(F)F)C(F)(F)F)cc3CC[C@H]21. The van der Waals surface area contributed by atoms with Gasteiger partial charge in [-0.1, -0.05) is 18.2 Å². The molecule has 10 heteroatoms. The van der Waals surface area contributed by atoms with Crippen LogP contribution in [0.15, 0.2) is 23.2 Å². The third kappa shape index (κ3) is 4.41. The van der Waals surface area contributed by atoms with E-state index < -0.39 is 23.6 Å². The molecule has 3 rings (SSSR count). The van der Waals surface area contributed by atoms with E-state index in [-0.39, 0.29) is 23.8 Å². The predicted octanol–water partition coefficient (Wildman–Crippen LogP) is 5.90. The van der Waals surface area contributed by atoms with Gasteiger partial charge in [0.1, 0.15) is 0 Å². The zero-order valence-electron chi connectivity index (χ0n) is 19.4. The minimum absolute atomic E-state index is 0.00886. The van der Waals surface area contributed by atoms with Crippen molar-refractivity contribution in [2.75, 3.05) is 28.2 Å². The van der Waals surface area contributed by atoms with Crippen LogP contribution >= 0.6 is 0 Å². The Bertz CT molecular complexity index is 865. The van der Waals surface area contributed by atoms with Crippen molar-refractivity contribution in [1.29, 1.82) is 0 Å². The summed E-state index contributed by atoms with van der Waals surface area (Å²) in [4.78, 5) is 8.72. The first-order chi connectivity index (χ1) is 15.1. The van der Waals surface area contributed by atoms with Crippen LogP contribution in [0.5, 0.6) is 0 Å². The highest BCUT2D eigenvalue weighted by Crippen LogP contribution is 2.55. The van der Waals surface area contributed by atoms with E-state index in [1.807, 2.05) is 44.9 Å². The Hall–Kier alpha value is -2.00. The number of fused-ring (bicyclic) bond motifs is 3. The van der Waals surface area contributed by atoms with Crippen LogP contribution in [0.1, 0.15) is 48.8 Å². The van der Waals surface area contributed by atoms with E-state index in [1.165, 1.54) is 6.07 Å². The molecule has 186 valence electrons. The lowest BCUT2D eigenvalue weighted by Gasteiger charge is -2.35. The highest BCUT2D eigenvalue weighted by Gasteiger charge is 2.73. The summed E-state index contributed by atoms with van der Waals surface area (Å²) in [5.74, 6) is 1.33. The van der Waals surface area contributed by atoms with Crippen LogP contribution in [0.2, 0.25) is 0 Å². The Labute approximate surface area is 189 Å². The topological polar surface area (TPSA) is 18.8 Å². The zero-order valence-corrected chi connectivity index (χ0v) is 19.4. The standard InChI is InChI=1S/C23H30F7N3/c1-13(31-20(32(2)3)33(4)5)16-10-11-19-17-9-7-15(12-14(17)6-8-18(16)19)21(24,22(25,26)27)23(28,29)30/h7,9,12-13,16,18-19H,6,8,10-11H2,1-5H3/t13?,16-,18-,19-/m0/s1. The summed E-state index contributed by atoms with van der Waals surface area (Å²) in [6.07, 6.45) is -9.61. The molecular formula is C23H30F7N3. The second kappa shape index (κ2) is 8.65. The maximum Gasteiger partial charge on any atom is 0.435 e. The number of hydrogen-bond acceptors (Lipinski definition) is 1. The van der Waals surface area contributed by atoms with Gasteiger partial charge in [0.05, 0.1) is 6.04 Å². The first-order valence-corrected chi connectivity index (χ1v) is 11.0. The number of rotatable bonds is 3. The number of benzene rings is 1. The molecule has 2 aliphatic rings. The van der Waals surface area contributed by atoms with Crippen molar-refractivity contribution in [3.05, 3.63) is 34.9 Å². The maximum atomic E-state index is 14.5. The van der Waals surface area contributed by atoms with Gasteiger partial charge >= 0.3 is 18.0 Å². The van der Waals surface area contributed by atoms with Crippen LogP contribution < -0.4 is 0 Å². The van der Waals surface area contributed by atoms with E-state index in [9.17, 15) is 30.7 Å². The van der Waals surface area contributed by atoms with Gasteiger partial charge in [0.2, 0.25) is 0 Å².